The third-order valence-electron chi connectivity index (χ3n) is 4.26. The van der Waals surface area contributed by atoms with Gasteiger partial charge in [0.25, 0.3) is 0 Å². The minimum atomic E-state index is 0.608. The zero-order valence-electron chi connectivity index (χ0n) is 10.7. The van der Waals surface area contributed by atoms with E-state index in [1.807, 2.05) is 0 Å². The summed E-state index contributed by atoms with van der Waals surface area (Å²) in [5, 5.41) is 3.63. The second-order valence-corrected chi connectivity index (χ2v) is 5.53. The maximum atomic E-state index is 3.63. The number of nitrogens with zero attached hydrogens (tertiary/aromatic N) is 1. The van der Waals surface area contributed by atoms with Crippen LogP contribution in [0.1, 0.15) is 42.3 Å². The van der Waals surface area contributed by atoms with E-state index in [-0.39, 0.29) is 0 Å². The van der Waals surface area contributed by atoms with Gasteiger partial charge in [0.2, 0.25) is 0 Å². The first kappa shape index (κ1) is 11.2. The molecule has 2 saturated heterocycles. The number of rotatable bonds is 2. The van der Waals surface area contributed by atoms with E-state index in [1.165, 1.54) is 38.9 Å². The van der Waals surface area contributed by atoms with E-state index >= 15 is 0 Å². The molecular weight excluding hydrogens is 208 g/mol. The van der Waals surface area contributed by atoms with Gasteiger partial charge in [-0.1, -0.05) is 24.3 Å². The van der Waals surface area contributed by atoms with Crippen molar-refractivity contribution in [3.05, 3.63) is 35.4 Å². The van der Waals surface area contributed by atoms with Crippen molar-refractivity contribution in [2.45, 2.75) is 31.2 Å². The molecule has 2 aliphatic rings. The van der Waals surface area contributed by atoms with Gasteiger partial charge in [0.05, 0.1) is 0 Å². The molecule has 2 unspecified atom stereocenters. The Hall–Kier alpha value is -0.860. The van der Waals surface area contributed by atoms with Crippen molar-refractivity contribution >= 4 is 0 Å². The number of hydrogen-bond acceptors (Lipinski definition) is 2. The third-order valence-corrected chi connectivity index (χ3v) is 4.26. The van der Waals surface area contributed by atoms with E-state index in [0.29, 0.717) is 6.04 Å². The Labute approximate surface area is 104 Å². The van der Waals surface area contributed by atoms with Crippen LogP contribution in [0, 0.1) is 0 Å². The topological polar surface area (TPSA) is 15.3 Å². The quantitative estimate of drug-likeness (QED) is 0.840. The zero-order valence-corrected chi connectivity index (χ0v) is 10.7. The molecule has 0 amide bonds. The van der Waals surface area contributed by atoms with Gasteiger partial charge in [-0.05, 0) is 56.4 Å². The van der Waals surface area contributed by atoms with E-state index in [1.54, 1.807) is 11.1 Å². The van der Waals surface area contributed by atoms with Crippen LogP contribution in [0.3, 0.4) is 0 Å². The average molecular weight is 230 g/mol. The Morgan fingerprint density at radius 1 is 1.18 bits per heavy atom. The second-order valence-electron chi connectivity index (χ2n) is 5.53. The SMILES string of the molecule is CN1CCC(c2ccccc2C2CCCN2)C1. The highest BCUT2D eigenvalue weighted by molar-refractivity contribution is 5.34. The Kier molecular flexibility index (Phi) is 3.17. The lowest BCUT2D eigenvalue weighted by atomic mass is 9.89. The fourth-order valence-corrected chi connectivity index (χ4v) is 3.34. The highest BCUT2D eigenvalue weighted by Gasteiger charge is 2.26. The predicted octanol–water partition coefficient (Wildman–Crippen LogP) is 2.53. The lowest BCUT2D eigenvalue weighted by molar-refractivity contribution is 0.411. The summed E-state index contributed by atoms with van der Waals surface area (Å²) in [6.45, 7) is 3.66. The van der Waals surface area contributed by atoms with E-state index < -0.39 is 0 Å². The smallest absolute Gasteiger partial charge is 0.0323 e. The van der Waals surface area contributed by atoms with Gasteiger partial charge < -0.3 is 10.2 Å². The third kappa shape index (κ3) is 2.24. The molecule has 92 valence electrons. The van der Waals surface area contributed by atoms with Crippen molar-refractivity contribution in [3.63, 3.8) is 0 Å². The number of nitrogens with one attached hydrogen (secondary N) is 1. The summed E-state index contributed by atoms with van der Waals surface area (Å²) in [6.07, 6.45) is 3.95. The molecule has 2 heteroatoms. The zero-order chi connectivity index (χ0) is 11.7. The Morgan fingerprint density at radius 3 is 2.65 bits per heavy atom. The first-order valence-electron chi connectivity index (χ1n) is 6.85. The molecule has 2 fully saturated rings. The van der Waals surface area contributed by atoms with Crippen LogP contribution in [0.15, 0.2) is 24.3 Å². The van der Waals surface area contributed by atoms with Gasteiger partial charge in [-0.3, -0.25) is 0 Å². The lowest BCUT2D eigenvalue weighted by Crippen LogP contribution is -2.17. The maximum absolute atomic E-state index is 3.63. The summed E-state index contributed by atoms with van der Waals surface area (Å²) < 4.78 is 0. The highest BCUT2D eigenvalue weighted by atomic mass is 15.1. The lowest BCUT2D eigenvalue weighted by Gasteiger charge is -2.20. The van der Waals surface area contributed by atoms with Crippen LogP contribution in [0.4, 0.5) is 0 Å². The molecule has 0 aliphatic carbocycles. The molecule has 0 bridgehead atoms. The largest absolute Gasteiger partial charge is 0.310 e. The monoisotopic (exact) mass is 230 g/mol. The van der Waals surface area contributed by atoms with Gasteiger partial charge in [-0.2, -0.15) is 0 Å². The molecule has 0 saturated carbocycles. The van der Waals surface area contributed by atoms with Gasteiger partial charge in [0, 0.05) is 12.6 Å². The van der Waals surface area contributed by atoms with Gasteiger partial charge >= 0.3 is 0 Å². The molecule has 0 spiro atoms. The summed E-state index contributed by atoms with van der Waals surface area (Å²) in [4.78, 5) is 2.45. The summed E-state index contributed by atoms with van der Waals surface area (Å²) in [6, 6.07) is 9.68. The van der Waals surface area contributed by atoms with Crippen LogP contribution in [0.25, 0.3) is 0 Å². The van der Waals surface area contributed by atoms with Gasteiger partial charge in [-0.25, -0.2) is 0 Å². The molecule has 0 radical (unpaired) electrons. The van der Waals surface area contributed by atoms with E-state index in [9.17, 15) is 0 Å². The fourth-order valence-electron chi connectivity index (χ4n) is 3.34. The van der Waals surface area contributed by atoms with Crippen LogP contribution >= 0.6 is 0 Å². The van der Waals surface area contributed by atoms with Gasteiger partial charge in [0.1, 0.15) is 0 Å². The number of likely N-dealkylation sites (tertiary alicyclic amines) is 1. The maximum Gasteiger partial charge on any atom is 0.0323 e. The predicted molar refractivity (Wildman–Crippen MR) is 71.3 cm³/mol. The molecule has 2 aliphatic heterocycles. The molecule has 2 atom stereocenters. The molecule has 1 N–H and O–H groups in total. The Balaban J connectivity index is 1.87. The second kappa shape index (κ2) is 4.79. The minimum absolute atomic E-state index is 0.608. The fraction of sp³-hybridized carbons (Fsp3) is 0.600. The molecule has 3 rings (SSSR count). The number of hydrogen-bond donors (Lipinski definition) is 1. The molecule has 1 aromatic carbocycles. The van der Waals surface area contributed by atoms with E-state index in [2.05, 4.69) is 41.5 Å². The van der Waals surface area contributed by atoms with Crippen molar-refractivity contribution in [3.8, 4) is 0 Å². The average Bonchev–Trinajstić information content (AvgIpc) is 3.00. The summed E-state index contributed by atoms with van der Waals surface area (Å²) >= 11 is 0. The molecule has 2 heterocycles. The van der Waals surface area contributed by atoms with Crippen molar-refractivity contribution < 1.29 is 0 Å². The number of benzene rings is 1. The van der Waals surface area contributed by atoms with Crippen LogP contribution < -0.4 is 5.32 Å². The minimum Gasteiger partial charge on any atom is -0.310 e. The van der Waals surface area contributed by atoms with Crippen molar-refractivity contribution in [2.24, 2.45) is 0 Å². The summed E-state index contributed by atoms with van der Waals surface area (Å²) in [5.74, 6) is 0.749. The van der Waals surface area contributed by atoms with E-state index in [4.69, 9.17) is 0 Å². The molecule has 17 heavy (non-hydrogen) atoms. The summed E-state index contributed by atoms with van der Waals surface area (Å²) in [5.41, 5.74) is 3.15. The van der Waals surface area contributed by atoms with Crippen molar-refractivity contribution in [1.82, 2.24) is 10.2 Å². The number of likely N-dealkylation sites (N-methyl/N-ethyl adjacent to an activating group) is 1. The van der Waals surface area contributed by atoms with Crippen LogP contribution in [-0.2, 0) is 0 Å². The highest BCUT2D eigenvalue weighted by Crippen LogP contribution is 2.34. The van der Waals surface area contributed by atoms with Gasteiger partial charge in [0.15, 0.2) is 0 Å². The molecule has 2 nitrogen and oxygen atoms in total. The summed E-state index contributed by atoms with van der Waals surface area (Å²) in [7, 11) is 2.23. The van der Waals surface area contributed by atoms with Gasteiger partial charge in [-0.15, -0.1) is 0 Å². The first-order chi connectivity index (χ1) is 8.34. The normalized spacial score (nSPS) is 29.9. The van der Waals surface area contributed by atoms with Crippen LogP contribution in [0.5, 0.6) is 0 Å². The van der Waals surface area contributed by atoms with Crippen LogP contribution in [0.2, 0.25) is 0 Å². The standard InChI is InChI=1S/C15H22N2/c1-17-10-8-12(11-17)13-5-2-3-6-14(13)15-7-4-9-16-15/h2-3,5-6,12,15-16H,4,7-11H2,1H3. The molecule has 1 aromatic rings. The van der Waals surface area contributed by atoms with Crippen molar-refractivity contribution in [1.29, 1.82) is 0 Å². The van der Waals surface area contributed by atoms with Crippen LogP contribution in [-0.4, -0.2) is 31.6 Å². The van der Waals surface area contributed by atoms with Crippen molar-refractivity contribution in [2.75, 3.05) is 26.7 Å². The molecule has 0 aromatic heterocycles. The van der Waals surface area contributed by atoms with E-state index in [0.717, 1.165) is 5.92 Å². The first-order valence-corrected chi connectivity index (χ1v) is 6.85. The Bertz CT molecular complexity index is 382. The molecular formula is C15H22N2. The Morgan fingerprint density at radius 2 is 2.00 bits per heavy atom.